The van der Waals surface area contributed by atoms with Crippen molar-refractivity contribution in [2.75, 3.05) is 31.1 Å². The number of hydrogen-bond acceptors (Lipinski definition) is 6. The highest BCUT2D eigenvalue weighted by molar-refractivity contribution is 7.20. The number of fused-ring (bicyclic) bond motifs is 1. The van der Waals surface area contributed by atoms with E-state index in [-0.39, 0.29) is 5.91 Å². The number of rotatable bonds is 3. The Balaban J connectivity index is 1.25. The second-order valence-electron chi connectivity index (χ2n) is 6.63. The molecule has 0 aliphatic carbocycles. The van der Waals surface area contributed by atoms with Crippen LogP contribution in [0.1, 0.15) is 9.67 Å². The number of hydrogen-bond donors (Lipinski definition) is 0. The van der Waals surface area contributed by atoms with E-state index in [0.717, 1.165) is 33.9 Å². The van der Waals surface area contributed by atoms with Crippen LogP contribution < -0.4 is 4.90 Å². The topological polar surface area (TPSA) is 67.2 Å². The number of nitrogens with zero attached hydrogens (tertiary/aromatic N) is 6. The molecule has 0 saturated carbocycles. The van der Waals surface area contributed by atoms with Gasteiger partial charge in [-0.05, 0) is 35.7 Å². The van der Waals surface area contributed by atoms with Gasteiger partial charge >= 0.3 is 0 Å². The number of carbonyl (C=O) groups excluding carboxylic acids is 1. The van der Waals surface area contributed by atoms with E-state index in [1.165, 1.54) is 0 Å². The summed E-state index contributed by atoms with van der Waals surface area (Å²) >= 11 is 1.56. The van der Waals surface area contributed by atoms with Gasteiger partial charge < -0.3 is 9.80 Å². The highest BCUT2D eigenvalue weighted by Gasteiger charge is 2.24. The highest BCUT2D eigenvalue weighted by atomic mass is 32.1. The van der Waals surface area contributed by atoms with Crippen molar-refractivity contribution in [2.45, 2.75) is 0 Å². The van der Waals surface area contributed by atoms with Crippen molar-refractivity contribution in [3.05, 3.63) is 65.8 Å². The maximum absolute atomic E-state index is 12.9. The summed E-state index contributed by atoms with van der Waals surface area (Å²) in [5, 5.41) is 13.9. The molecule has 1 amide bonds. The Kier molecular flexibility index (Phi) is 4.25. The average molecular weight is 390 g/mol. The first-order valence-corrected chi connectivity index (χ1v) is 9.96. The van der Waals surface area contributed by atoms with Gasteiger partial charge in [0.05, 0.1) is 4.88 Å². The van der Waals surface area contributed by atoms with Crippen molar-refractivity contribution >= 4 is 33.1 Å². The van der Waals surface area contributed by atoms with Gasteiger partial charge in [-0.3, -0.25) is 4.79 Å². The van der Waals surface area contributed by atoms with Crippen molar-refractivity contribution < 1.29 is 4.79 Å². The molecule has 0 bridgehead atoms. The average Bonchev–Trinajstić information content (AvgIpc) is 3.43. The molecule has 7 nitrogen and oxygen atoms in total. The van der Waals surface area contributed by atoms with Crippen LogP contribution in [0.4, 0.5) is 5.82 Å². The minimum absolute atomic E-state index is 0.112. The molecule has 1 aliphatic heterocycles. The molecule has 0 spiro atoms. The predicted molar refractivity (Wildman–Crippen MR) is 109 cm³/mol. The molecule has 3 aromatic heterocycles. The smallest absolute Gasteiger partial charge is 0.264 e. The normalized spacial score (nSPS) is 14.6. The molecular formula is C20H18N6OS. The molecule has 4 heterocycles. The summed E-state index contributed by atoms with van der Waals surface area (Å²) in [6.45, 7) is 2.84. The zero-order valence-electron chi connectivity index (χ0n) is 15.1. The number of piperazine rings is 1. The van der Waals surface area contributed by atoms with Gasteiger partial charge in [-0.2, -0.15) is 5.10 Å². The van der Waals surface area contributed by atoms with E-state index in [0.29, 0.717) is 18.9 Å². The Bertz CT molecular complexity index is 1060. The van der Waals surface area contributed by atoms with Crippen molar-refractivity contribution in [1.29, 1.82) is 0 Å². The Morgan fingerprint density at radius 2 is 1.71 bits per heavy atom. The molecule has 0 N–H and O–H groups in total. The number of anilines is 1. The largest absolute Gasteiger partial charge is 0.352 e. The first kappa shape index (κ1) is 16.9. The summed E-state index contributed by atoms with van der Waals surface area (Å²) in [5.41, 5.74) is 0. The molecule has 1 aromatic carbocycles. The molecule has 0 atom stereocenters. The van der Waals surface area contributed by atoms with Crippen LogP contribution in [0, 0.1) is 0 Å². The molecule has 0 unspecified atom stereocenters. The van der Waals surface area contributed by atoms with Crippen LogP contribution in [0.5, 0.6) is 0 Å². The van der Waals surface area contributed by atoms with Gasteiger partial charge in [0, 0.05) is 43.3 Å². The van der Waals surface area contributed by atoms with Crippen LogP contribution in [0.25, 0.3) is 15.9 Å². The molecule has 5 rings (SSSR count). The van der Waals surface area contributed by atoms with Crippen LogP contribution in [0.2, 0.25) is 0 Å². The van der Waals surface area contributed by atoms with E-state index in [2.05, 4.69) is 26.3 Å². The number of carbonyl (C=O) groups is 1. The van der Waals surface area contributed by atoms with E-state index >= 15 is 0 Å². The van der Waals surface area contributed by atoms with Crippen molar-refractivity contribution in [2.24, 2.45) is 0 Å². The molecule has 8 heteroatoms. The van der Waals surface area contributed by atoms with Crippen molar-refractivity contribution in [3.8, 4) is 5.82 Å². The third-order valence-corrected chi connectivity index (χ3v) is 6.01. The van der Waals surface area contributed by atoms with Crippen LogP contribution in [-0.2, 0) is 0 Å². The fourth-order valence-corrected chi connectivity index (χ4v) is 4.43. The van der Waals surface area contributed by atoms with Gasteiger partial charge in [0.1, 0.15) is 0 Å². The summed E-state index contributed by atoms with van der Waals surface area (Å²) in [6, 6.07) is 15.8. The molecule has 4 aromatic rings. The maximum atomic E-state index is 12.9. The highest BCUT2D eigenvalue weighted by Crippen LogP contribution is 2.27. The summed E-state index contributed by atoms with van der Waals surface area (Å²) in [5.74, 6) is 1.62. The third-order valence-electron chi connectivity index (χ3n) is 4.90. The van der Waals surface area contributed by atoms with E-state index in [9.17, 15) is 4.79 Å². The molecule has 1 aliphatic rings. The van der Waals surface area contributed by atoms with E-state index in [4.69, 9.17) is 0 Å². The SMILES string of the molecule is O=C(c1cc2ccccc2s1)N1CCN(c2ccc(-n3cccn3)nn2)CC1. The second kappa shape index (κ2) is 7.05. The fraction of sp³-hybridized carbons (Fsp3) is 0.200. The molecule has 1 fully saturated rings. The first-order valence-electron chi connectivity index (χ1n) is 9.14. The molecular weight excluding hydrogens is 372 g/mol. The number of benzene rings is 1. The molecule has 140 valence electrons. The quantitative estimate of drug-likeness (QED) is 0.538. The Morgan fingerprint density at radius 1 is 0.929 bits per heavy atom. The van der Waals surface area contributed by atoms with E-state index < -0.39 is 0 Å². The minimum atomic E-state index is 0.112. The summed E-state index contributed by atoms with van der Waals surface area (Å²) in [4.78, 5) is 17.8. The first-order chi connectivity index (χ1) is 13.8. The number of amides is 1. The Morgan fingerprint density at radius 3 is 2.43 bits per heavy atom. The lowest BCUT2D eigenvalue weighted by Gasteiger charge is -2.35. The summed E-state index contributed by atoms with van der Waals surface area (Å²) < 4.78 is 2.83. The monoisotopic (exact) mass is 390 g/mol. The molecule has 28 heavy (non-hydrogen) atoms. The lowest BCUT2D eigenvalue weighted by molar-refractivity contribution is 0.0751. The zero-order valence-corrected chi connectivity index (χ0v) is 15.9. The van der Waals surface area contributed by atoms with Crippen LogP contribution in [-0.4, -0.2) is 57.0 Å². The fourth-order valence-electron chi connectivity index (χ4n) is 3.40. The number of aromatic nitrogens is 4. The lowest BCUT2D eigenvalue weighted by Crippen LogP contribution is -2.49. The zero-order chi connectivity index (χ0) is 18.9. The van der Waals surface area contributed by atoms with Crippen molar-refractivity contribution in [3.63, 3.8) is 0 Å². The van der Waals surface area contributed by atoms with Gasteiger partial charge in [0.25, 0.3) is 5.91 Å². The van der Waals surface area contributed by atoms with Crippen LogP contribution >= 0.6 is 11.3 Å². The predicted octanol–water partition coefficient (Wildman–Crippen LogP) is 2.84. The van der Waals surface area contributed by atoms with Crippen LogP contribution in [0.3, 0.4) is 0 Å². The van der Waals surface area contributed by atoms with Crippen molar-refractivity contribution in [1.82, 2.24) is 24.9 Å². The third kappa shape index (κ3) is 3.11. The van der Waals surface area contributed by atoms with E-state index in [1.54, 1.807) is 22.2 Å². The Labute approximate surface area is 165 Å². The van der Waals surface area contributed by atoms with Crippen LogP contribution in [0.15, 0.2) is 60.9 Å². The van der Waals surface area contributed by atoms with E-state index in [1.807, 2.05) is 53.6 Å². The Hall–Kier alpha value is -3.26. The molecule has 1 saturated heterocycles. The van der Waals surface area contributed by atoms with Gasteiger partial charge in [-0.25, -0.2) is 4.68 Å². The standard InChI is InChI=1S/C20H18N6OS/c27-20(17-14-15-4-1-2-5-16(15)28-17)25-12-10-24(11-13-25)18-6-7-19(23-22-18)26-9-3-8-21-26/h1-9,14H,10-13H2. The number of thiophene rings is 1. The van der Waals surface area contributed by atoms with Gasteiger partial charge in [-0.1, -0.05) is 18.2 Å². The maximum Gasteiger partial charge on any atom is 0.264 e. The summed E-state index contributed by atoms with van der Waals surface area (Å²) in [6.07, 6.45) is 3.55. The van der Waals surface area contributed by atoms with Gasteiger partial charge in [0.2, 0.25) is 0 Å². The summed E-state index contributed by atoms with van der Waals surface area (Å²) in [7, 11) is 0. The minimum Gasteiger partial charge on any atom is -0.352 e. The van der Waals surface area contributed by atoms with Gasteiger partial charge in [0.15, 0.2) is 11.6 Å². The lowest BCUT2D eigenvalue weighted by atomic mass is 10.2. The second-order valence-corrected chi connectivity index (χ2v) is 7.71. The molecule has 0 radical (unpaired) electrons. The van der Waals surface area contributed by atoms with Gasteiger partial charge in [-0.15, -0.1) is 21.5 Å².